The molecular formula is C28H30ClN3O. The summed E-state index contributed by atoms with van der Waals surface area (Å²) in [5, 5.41) is 2.52. The topological polar surface area (TPSA) is 54.8 Å². The molecule has 0 radical (unpaired) electrons. The molecule has 0 saturated heterocycles. The zero-order chi connectivity index (χ0) is 23.5. The maximum atomic E-state index is 6.71. The standard InChI is InChI=1S/C28H30ClN3O/c1-5-10-23(18(2)3)32(4)28(19-11-7-6-8-12-19)31-27(30)21-13-9-14-25-26(21)22-17-20(29)15-16-24(22)33-25/h5-18,23,28H,1-4H3,(H2,30,31). The van der Waals surface area contributed by atoms with Crippen LogP contribution in [0.4, 0.5) is 0 Å². The summed E-state index contributed by atoms with van der Waals surface area (Å²) in [6, 6.07) is 22.0. The highest BCUT2D eigenvalue weighted by Crippen LogP contribution is 2.34. The lowest BCUT2D eigenvalue weighted by molar-refractivity contribution is 0.173. The SMILES string of the molecule is CC=CC(C(C)C)N(C)C(N=C(N)c1cccc2oc3ccc(Cl)cc3c12)c1ccccc1. The summed E-state index contributed by atoms with van der Waals surface area (Å²) in [4.78, 5) is 7.35. The van der Waals surface area contributed by atoms with Gasteiger partial charge >= 0.3 is 0 Å². The van der Waals surface area contributed by atoms with Crippen molar-refractivity contribution in [3.05, 3.63) is 95.0 Å². The fourth-order valence-electron chi connectivity index (χ4n) is 4.43. The lowest BCUT2D eigenvalue weighted by atomic mass is 10.00. The van der Waals surface area contributed by atoms with Crippen LogP contribution in [0.15, 0.2) is 88.3 Å². The van der Waals surface area contributed by atoms with E-state index < -0.39 is 0 Å². The van der Waals surface area contributed by atoms with Gasteiger partial charge in [0.25, 0.3) is 0 Å². The highest BCUT2D eigenvalue weighted by Gasteiger charge is 2.25. The van der Waals surface area contributed by atoms with Gasteiger partial charge in [-0.05, 0) is 49.7 Å². The second-order valence-corrected chi connectivity index (χ2v) is 9.08. The molecular weight excluding hydrogens is 430 g/mol. The molecule has 0 amide bonds. The first-order chi connectivity index (χ1) is 15.9. The molecule has 0 aliphatic heterocycles. The fourth-order valence-corrected chi connectivity index (χ4v) is 4.60. The Labute approximate surface area is 200 Å². The summed E-state index contributed by atoms with van der Waals surface area (Å²) in [5.41, 5.74) is 10.2. The third-order valence-electron chi connectivity index (χ3n) is 6.02. The van der Waals surface area contributed by atoms with Crippen LogP contribution in [0, 0.1) is 5.92 Å². The Kier molecular flexibility index (Phi) is 6.87. The van der Waals surface area contributed by atoms with E-state index in [0.717, 1.165) is 33.1 Å². The van der Waals surface area contributed by atoms with Crippen molar-refractivity contribution in [1.82, 2.24) is 4.90 Å². The molecule has 0 saturated carbocycles. The van der Waals surface area contributed by atoms with Crippen LogP contribution in [0.2, 0.25) is 5.02 Å². The molecule has 170 valence electrons. The van der Waals surface area contributed by atoms with Crippen molar-refractivity contribution >= 4 is 39.4 Å². The van der Waals surface area contributed by atoms with Gasteiger partial charge in [0.1, 0.15) is 23.2 Å². The lowest BCUT2D eigenvalue weighted by Crippen LogP contribution is -2.37. The molecule has 0 spiro atoms. The first-order valence-corrected chi connectivity index (χ1v) is 11.6. The molecule has 0 aliphatic carbocycles. The maximum absolute atomic E-state index is 6.71. The first-order valence-electron chi connectivity index (χ1n) is 11.2. The molecule has 2 N–H and O–H groups in total. The molecule has 33 heavy (non-hydrogen) atoms. The van der Waals surface area contributed by atoms with Gasteiger partial charge in [-0.3, -0.25) is 4.90 Å². The fraction of sp³-hybridized carbons (Fsp3) is 0.250. The van der Waals surface area contributed by atoms with Crippen LogP contribution in [0.1, 0.15) is 38.1 Å². The molecule has 3 aromatic carbocycles. The third-order valence-corrected chi connectivity index (χ3v) is 6.26. The molecule has 1 aromatic heterocycles. The predicted molar refractivity (Wildman–Crippen MR) is 140 cm³/mol. The average molecular weight is 460 g/mol. The van der Waals surface area contributed by atoms with E-state index in [9.17, 15) is 0 Å². The van der Waals surface area contributed by atoms with Crippen molar-refractivity contribution in [2.75, 3.05) is 7.05 Å². The van der Waals surface area contributed by atoms with Crippen LogP contribution in [-0.4, -0.2) is 23.8 Å². The minimum Gasteiger partial charge on any atom is -0.456 e. The zero-order valence-electron chi connectivity index (χ0n) is 19.5. The van der Waals surface area contributed by atoms with Crippen molar-refractivity contribution in [3.63, 3.8) is 0 Å². The van der Waals surface area contributed by atoms with Crippen molar-refractivity contribution < 1.29 is 4.42 Å². The van der Waals surface area contributed by atoms with Gasteiger partial charge in [-0.15, -0.1) is 0 Å². The Hall–Kier alpha value is -3.08. The number of nitrogens with zero attached hydrogens (tertiary/aromatic N) is 2. The number of hydrogen-bond acceptors (Lipinski definition) is 3. The second kappa shape index (κ2) is 9.82. The van der Waals surface area contributed by atoms with Gasteiger partial charge in [0.15, 0.2) is 0 Å². The number of likely N-dealkylation sites (N-methyl/N-ethyl adjacent to an activating group) is 1. The van der Waals surface area contributed by atoms with Gasteiger partial charge in [0.05, 0.1) is 0 Å². The van der Waals surface area contributed by atoms with Gasteiger partial charge in [-0.1, -0.05) is 80.1 Å². The summed E-state index contributed by atoms with van der Waals surface area (Å²) < 4.78 is 6.05. The maximum Gasteiger partial charge on any atom is 0.136 e. The molecule has 2 unspecified atom stereocenters. The average Bonchev–Trinajstić information content (AvgIpc) is 3.18. The Balaban J connectivity index is 1.87. The van der Waals surface area contributed by atoms with Crippen molar-refractivity contribution in [1.29, 1.82) is 0 Å². The minimum absolute atomic E-state index is 0.209. The smallest absolute Gasteiger partial charge is 0.136 e. The number of allylic oxidation sites excluding steroid dienone is 1. The summed E-state index contributed by atoms with van der Waals surface area (Å²) in [5.74, 6) is 0.879. The Morgan fingerprint density at radius 2 is 1.79 bits per heavy atom. The number of furan rings is 1. The van der Waals surface area contributed by atoms with Crippen LogP contribution in [-0.2, 0) is 0 Å². The highest BCUT2D eigenvalue weighted by atomic mass is 35.5. The minimum atomic E-state index is -0.244. The summed E-state index contributed by atoms with van der Waals surface area (Å²) >= 11 is 6.29. The first kappa shape index (κ1) is 23.1. The van der Waals surface area contributed by atoms with E-state index in [1.165, 1.54) is 0 Å². The van der Waals surface area contributed by atoms with E-state index in [1.807, 2.05) is 61.5 Å². The van der Waals surface area contributed by atoms with Crippen LogP contribution in [0.3, 0.4) is 0 Å². The molecule has 4 nitrogen and oxygen atoms in total. The van der Waals surface area contributed by atoms with Crippen LogP contribution in [0.5, 0.6) is 0 Å². The number of amidine groups is 1. The normalized spacial score (nSPS) is 14.7. The van der Waals surface area contributed by atoms with E-state index in [0.29, 0.717) is 16.8 Å². The van der Waals surface area contributed by atoms with E-state index in [-0.39, 0.29) is 12.2 Å². The van der Waals surface area contributed by atoms with E-state index in [4.69, 9.17) is 26.7 Å². The Morgan fingerprint density at radius 3 is 2.48 bits per heavy atom. The molecule has 5 heteroatoms. The zero-order valence-corrected chi connectivity index (χ0v) is 20.3. The summed E-state index contributed by atoms with van der Waals surface area (Å²) in [7, 11) is 2.10. The van der Waals surface area contributed by atoms with Crippen molar-refractivity contribution in [2.24, 2.45) is 16.6 Å². The molecule has 0 fully saturated rings. The van der Waals surface area contributed by atoms with E-state index >= 15 is 0 Å². The number of fused-ring (bicyclic) bond motifs is 3. The molecule has 0 bridgehead atoms. The Morgan fingerprint density at radius 1 is 1.03 bits per heavy atom. The van der Waals surface area contributed by atoms with Gasteiger partial charge in [0.2, 0.25) is 0 Å². The van der Waals surface area contributed by atoms with E-state index in [1.54, 1.807) is 0 Å². The van der Waals surface area contributed by atoms with Crippen LogP contribution < -0.4 is 5.73 Å². The number of halogens is 1. The number of aliphatic imine (C=N–C) groups is 1. The van der Waals surface area contributed by atoms with Gasteiger partial charge in [-0.2, -0.15) is 0 Å². The molecule has 4 rings (SSSR count). The monoisotopic (exact) mass is 459 g/mol. The third kappa shape index (κ3) is 4.68. The number of benzene rings is 3. The number of nitrogens with two attached hydrogens (primary N) is 1. The molecule has 2 atom stereocenters. The van der Waals surface area contributed by atoms with Crippen molar-refractivity contribution in [3.8, 4) is 0 Å². The second-order valence-electron chi connectivity index (χ2n) is 8.65. The van der Waals surface area contributed by atoms with Gasteiger partial charge in [-0.25, -0.2) is 4.99 Å². The van der Waals surface area contributed by atoms with Crippen LogP contribution >= 0.6 is 11.6 Å². The molecule has 0 aliphatic rings. The summed E-state index contributed by atoms with van der Waals surface area (Å²) in [6.45, 7) is 6.49. The predicted octanol–water partition coefficient (Wildman–Crippen LogP) is 7.18. The van der Waals surface area contributed by atoms with Gasteiger partial charge in [0, 0.05) is 27.4 Å². The van der Waals surface area contributed by atoms with Crippen LogP contribution in [0.25, 0.3) is 21.9 Å². The quantitative estimate of drug-likeness (QED) is 0.181. The van der Waals surface area contributed by atoms with E-state index in [2.05, 4.69) is 50.1 Å². The number of rotatable bonds is 7. The lowest BCUT2D eigenvalue weighted by Gasteiger charge is -2.34. The summed E-state index contributed by atoms with van der Waals surface area (Å²) in [6.07, 6.45) is 4.07. The van der Waals surface area contributed by atoms with Crippen molar-refractivity contribution in [2.45, 2.75) is 33.0 Å². The Bertz CT molecular complexity index is 1310. The number of hydrogen-bond donors (Lipinski definition) is 1. The van der Waals surface area contributed by atoms with Gasteiger partial charge < -0.3 is 10.2 Å². The largest absolute Gasteiger partial charge is 0.456 e. The molecule has 1 heterocycles. The molecule has 4 aromatic rings. The highest BCUT2D eigenvalue weighted by molar-refractivity contribution is 6.32.